The van der Waals surface area contributed by atoms with Gasteiger partial charge in [0.15, 0.2) is 5.11 Å². The first-order chi connectivity index (χ1) is 12.5. The van der Waals surface area contributed by atoms with Gasteiger partial charge in [-0.3, -0.25) is 4.79 Å². The summed E-state index contributed by atoms with van der Waals surface area (Å²) in [4.78, 5) is 12.0. The van der Waals surface area contributed by atoms with Crippen LogP contribution in [0.4, 0.5) is 0 Å². The highest BCUT2D eigenvalue weighted by molar-refractivity contribution is 7.80. The third kappa shape index (κ3) is 6.83. The van der Waals surface area contributed by atoms with E-state index in [1.54, 1.807) is 18.2 Å². The van der Waals surface area contributed by atoms with Crippen LogP contribution in [0.1, 0.15) is 31.4 Å². The molecular weight excluding hydrogens is 391 g/mol. The van der Waals surface area contributed by atoms with E-state index in [0.29, 0.717) is 40.4 Å². The molecule has 1 atom stereocenters. The number of rotatable bonds is 7. The Morgan fingerprint density at radius 2 is 1.92 bits per heavy atom. The highest BCUT2D eigenvalue weighted by Crippen LogP contribution is 2.27. The summed E-state index contributed by atoms with van der Waals surface area (Å²) in [6.07, 6.45) is 0.842. The number of thiocarbonyl (C=S) groups is 1. The lowest BCUT2D eigenvalue weighted by Gasteiger charge is -2.16. The lowest BCUT2D eigenvalue weighted by Crippen LogP contribution is -2.40. The van der Waals surface area contributed by atoms with Gasteiger partial charge < -0.3 is 15.4 Å². The van der Waals surface area contributed by atoms with Gasteiger partial charge in [-0.05, 0) is 49.3 Å². The molecular formula is C19H20Cl2N2O2S. The van der Waals surface area contributed by atoms with Crippen LogP contribution in [0.25, 0.3) is 0 Å². The standard InChI is InChI=1S/C19H20Cl2N2O2S/c1-13(14-6-3-2-4-7-14)22-19(26)23-18(24)8-5-11-25-17-10-9-15(20)12-16(17)21/h2-4,6-7,9-10,12-13H,5,8,11H2,1H3,(H2,22,23,24,26). The number of carbonyl (C=O) groups excluding carboxylic acids is 1. The third-order valence-electron chi connectivity index (χ3n) is 3.60. The van der Waals surface area contributed by atoms with Crippen molar-refractivity contribution in [3.63, 3.8) is 0 Å². The Morgan fingerprint density at radius 1 is 1.19 bits per heavy atom. The van der Waals surface area contributed by atoms with Crippen LogP contribution >= 0.6 is 35.4 Å². The molecule has 0 heterocycles. The molecule has 0 saturated heterocycles. The minimum absolute atomic E-state index is 0.0133. The number of nitrogens with one attached hydrogen (secondary N) is 2. The van der Waals surface area contributed by atoms with Crippen molar-refractivity contribution in [1.82, 2.24) is 10.6 Å². The topological polar surface area (TPSA) is 50.4 Å². The molecule has 2 N–H and O–H groups in total. The Labute approximate surface area is 168 Å². The number of hydrogen-bond acceptors (Lipinski definition) is 3. The molecule has 0 fully saturated rings. The zero-order valence-corrected chi connectivity index (χ0v) is 16.6. The van der Waals surface area contributed by atoms with Gasteiger partial charge in [-0.15, -0.1) is 0 Å². The number of amides is 1. The Bertz CT molecular complexity index is 756. The maximum absolute atomic E-state index is 12.0. The first-order valence-corrected chi connectivity index (χ1v) is 9.35. The molecule has 26 heavy (non-hydrogen) atoms. The van der Waals surface area contributed by atoms with Crippen LogP contribution in [0.15, 0.2) is 48.5 Å². The number of benzene rings is 2. The molecule has 0 spiro atoms. The molecule has 138 valence electrons. The molecule has 0 aliphatic heterocycles. The lowest BCUT2D eigenvalue weighted by molar-refractivity contribution is -0.119. The normalized spacial score (nSPS) is 11.5. The summed E-state index contributed by atoms with van der Waals surface area (Å²) in [6, 6.07) is 14.9. The van der Waals surface area contributed by atoms with Crippen molar-refractivity contribution < 1.29 is 9.53 Å². The van der Waals surface area contributed by atoms with Crippen LogP contribution in [-0.4, -0.2) is 17.6 Å². The maximum atomic E-state index is 12.0. The van der Waals surface area contributed by atoms with Gasteiger partial charge in [-0.25, -0.2) is 0 Å². The van der Waals surface area contributed by atoms with E-state index < -0.39 is 0 Å². The second kappa shape index (κ2) is 10.4. The SMILES string of the molecule is CC(NC(=S)NC(=O)CCCOc1ccc(Cl)cc1Cl)c1ccccc1. The number of carbonyl (C=O) groups is 1. The summed E-state index contributed by atoms with van der Waals surface area (Å²) in [5.41, 5.74) is 1.09. The molecule has 0 aliphatic rings. The summed E-state index contributed by atoms with van der Waals surface area (Å²) >= 11 is 17.0. The lowest BCUT2D eigenvalue weighted by atomic mass is 10.1. The first-order valence-electron chi connectivity index (χ1n) is 8.19. The van der Waals surface area contributed by atoms with Gasteiger partial charge in [-0.2, -0.15) is 0 Å². The van der Waals surface area contributed by atoms with E-state index in [9.17, 15) is 4.79 Å². The predicted octanol–water partition coefficient (Wildman–Crippen LogP) is 4.90. The average molecular weight is 411 g/mol. The van der Waals surface area contributed by atoms with E-state index in [-0.39, 0.29) is 11.9 Å². The van der Waals surface area contributed by atoms with Crippen LogP contribution in [-0.2, 0) is 4.79 Å². The zero-order chi connectivity index (χ0) is 18.9. The van der Waals surface area contributed by atoms with E-state index in [4.69, 9.17) is 40.2 Å². The van der Waals surface area contributed by atoms with Gasteiger partial charge in [0.2, 0.25) is 5.91 Å². The second-order valence-electron chi connectivity index (χ2n) is 5.68. The summed E-state index contributed by atoms with van der Waals surface area (Å²) in [5.74, 6) is 0.388. The first kappa shape index (κ1) is 20.5. The van der Waals surface area contributed by atoms with Crippen molar-refractivity contribution in [2.45, 2.75) is 25.8 Å². The molecule has 0 aliphatic carbocycles. The van der Waals surface area contributed by atoms with E-state index in [1.807, 2.05) is 37.3 Å². The van der Waals surface area contributed by atoms with Crippen LogP contribution in [0.5, 0.6) is 5.75 Å². The van der Waals surface area contributed by atoms with Crippen molar-refractivity contribution in [2.24, 2.45) is 0 Å². The van der Waals surface area contributed by atoms with Crippen LogP contribution in [0.2, 0.25) is 10.0 Å². The average Bonchev–Trinajstić information content (AvgIpc) is 2.60. The Balaban J connectivity index is 1.67. The molecule has 2 rings (SSSR count). The molecule has 0 aromatic heterocycles. The van der Waals surface area contributed by atoms with Gasteiger partial charge in [-0.1, -0.05) is 53.5 Å². The summed E-state index contributed by atoms with van der Waals surface area (Å²) in [6.45, 7) is 2.35. The molecule has 0 saturated carbocycles. The number of ether oxygens (including phenoxy) is 1. The minimum Gasteiger partial charge on any atom is -0.492 e. The summed E-state index contributed by atoms with van der Waals surface area (Å²) in [7, 11) is 0. The van der Waals surface area contributed by atoms with Crippen molar-refractivity contribution in [2.75, 3.05) is 6.61 Å². The maximum Gasteiger partial charge on any atom is 0.226 e. The Morgan fingerprint density at radius 3 is 2.62 bits per heavy atom. The molecule has 2 aromatic carbocycles. The van der Waals surface area contributed by atoms with Crippen molar-refractivity contribution in [3.05, 3.63) is 64.1 Å². The van der Waals surface area contributed by atoms with E-state index in [2.05, 4.69) is 10.6 Å². The Kier molecular flexibility index (Phi) is 8.16. The highest BCUT2D eigenvalue weighted by atomic mass is 35.5. The molecule has 4 nitrogen and oxygen atoms in total. The van der Waals surface area contributed by atoms with E-state index >= 15 is 0 Å². The number of halogens is 2. The third-order valence-corrected chi connectivity index (χ3v) is 4.35. The van der Waals surface area contributed by atoms with Gasteiger partial charge in [0.1, 0.15) is 5.75 Å². The van der Waals surface area contributed by atoms with Crippen LogP contribution < -0.4 is 15.4 Å². The van der Waals surface area contributed by atoms with E-state index in [1.165, 1.54) is 0 Å². The van der Waals surface area contributed by atoms with Gasteiger partial charge in [0.05, 0.1) is 17.7 Å². The Hall–Kier alpha value is -1.82. The predicted molar refractivity (Wildman–Crippen MR) is 110 cm³/mol. The molecule has 1 amide bonds. The van der Waals surface area contributed by atoms with Gasteiger partial charge >= 0.3 is 0 Å². The highest BCUT2D eigenvalue weighted by Gasteiger charge is 2.09. The molecule has 7 heteroatoms. The molecule has 2 aromatic rings. The van der Waals surface area contributed by atoms with Crippen molar-refractivity contribution in [1.29, 1.82) is 0 Å². The summed E-state index contributed by atoms with van der Waals surface area (Å²) in [5, 5.41) is 7.08. The molecule has 0 radical (unpaired) electrons. The van der Waals surface area contributed by atoms with Gasteiger partial charge in [0, 0.05) is 11.4 Å². The van der Waals surface area contributed by atoms with Crippen molar-refractivity contribution >= 4 is 46.4 Å². The molecule has 1 unspecified atom stereocenters. The second-order valence-corrected chi connectivity index (χ2v) is 6.93. The zero-order valence-electron chi connectivity index (χ0n) is 14.3. The minimum atomic E-state index is -0.159. The van der Waals surface area contributed by atoms with Crippen molar-refractivity contribution in [3.8, 4) is 5.75 Å². The molecule has 0 bridgehead atoms. The smallest absolute Gasteiger partial charge is 0.226 e. The fourth-order valence-corrected chi connectivity index (χ4v) is 3.01. The summed E-state index contributed by atoms with van der Waals surface area (Å²) < 4.78 is 5.55. The van der Waals surface area contributed by atoms with Crippen LogP contribution in [0.3, 0.4) is 0 Å². The monoisotopic (exact) mass is 410 g/mol. The number of hydrogen-bond donors (Lipinski definition) is 2. The largest absolute Gasteiger partial charge is 0.492 e. The fourth-order valence-electron chi connectivity index (χ4n) is 2.25. The van der Waals surface area contributed by atoms with Gasteiger partial charge in [0.25, 0.3) is 0 Å². The van der Waals surface area contributed by atoms with E-state index in [0.717, 1.165) is 5.56 Å². The quantitative estimate of drug-likeness (QED) is 0.503. The van der Waals surface area contributed by atoms with Crippen LogP contribution in [0, 0.1) is 0 Å². The fraction of sp³-hybridized carbons (Fsp3) is 0.263.